The van der Waals surface area contributed by atoms with E-state index in [2.05, 4.69) is 5.32 Å². The van der Waals surface area contributed by atoms with Crippen LogP contribution >= 0.6 is 0 Å². The lowest BCUT2D eigenvalue weighted by atomic mass is 10.1. The molecule has 0 saturated carbocycles. The number of sulfonamides is 1. The van der Waals surface area contributed by atoms with Crippen LogP contribution in [0.4, 0.5) is 5.69 Å². The van der Waals surface area contributed by atoms with Crippen LogP contribution in [-0.2, 0) is 26.0 Å². The van der Waals surface area contributed by atoms with Crippen LogP contribution in [0.3, 0.4) is 0 Å². The number of amides is 2. The fourth-order valence-corrected chi connectivity index (χ4v) is 6.04. The molecule has 0 aliphatic heterocycles. The molecule has 0 saturated heterocycles. The Hall–Kier alpha value is -4.05. The van der Waals surface area contributed by atoms with Gasteiger partial charge < -0.3 is 19.7 Å². The number of hydrogen-bond acceptors (Lipinski definition) is 6. The normalized spacial score (nSPS) is 12.0. The Labute approximate surface area is 249 Å². The Morgan fingerprint density at radius 1 is 0.929 bits per heavy atom. The van der Waals surface area contributed by atoms with E-state index in [1.807, 2.05) is 58.0 Å². The first kappa shape index (κ1) is 32.5. The summed E-state index contributed by atoms with van der Waals surface area (Å²) >= 11 is 0. The fourth-order valence-electron chi connectivity index (χ4n) is 4.62. The number of methoxy groups -OCH3 is 2. The van der Waals surface area contributed by atoms with Crippen molar-refractivity contribution in [2.75, 3.05) is 31.6 Å². The van der Waals surface area contributed by atoms with Gasteiger partial charge in [0.1, 0.15) is 24.1 Å². The molecule has 3 aromatic carbocycles. The van der Waals surface area contributed by atoms with Gasteiger partial charge in [-0.25, -0.2) is 8.42 Å². The number of aryl methyl sites for hydroxylation is 1. The predicted octanol–water partition coefficient (Wildman–Crippen LogP) is 4.58. The molecule has 0 fully saturated rings. The number of anilines is 1. The third-order valence-corrected chi connectivity index (χ3v) is 8.62. The van der Waals surface area contributed by atoms with E-state index in [-0.39, 0.29) is 34.8 Å². The van der Waals surface area contributed by atoms with E-state index in [0.717, 1.165) is 15.4 Å². The molecule has 10 heteroatoms. The summed E-state index contributed by atoms with van der Waals surface area (Å²) in [5.41, 5.74) is 2.03. The van der Waals surface area contributed by atoms with Crippen molar-refractivity contribution in [1.29, 1.82) is 0 Å². The van der Waals surface area contributed by atoms with Gasteiger partial charge in [-0.3, -0.25) is 13.9 Å². The van der Waals surface area contributed by atoms with Crippen LogP contribution in [0.2, 0.25) is 0 Å². The second kappa shape index (κ2) is 14.7. The summed E-state index contributed by atoms with van der Waals surface area (Å²) in [4.78, 5) is 29.0. The summed E-state index contributed by atoms with van der Waals surface area (Å²) in [6.45, 7) is 7.07. The lowest BCUT2D eigenvalue weighted by Gasteiger charge is -2.34. The summed E-state index contributed by atoms with van der Waals surface area (Å²) < 4.78 is 40.2. The highest BCUT2D eigenvalue weighted by molar-refractivity contribution is 7.92. The second-order valence-electron chi connectivity index (χ2n) is 10.3. The third kappa shape index (κ3) is 8.03. The first-order chi connectivity index (χ1) is 20.0. The first-order valence-electron chi connectivity index (χ1n) is 14.0. The summed E-state index contributed by atoms with van der Waals surface area (Å²) in [6, 6.07) is 19.9. The Balaban J connectivity index is 2.10. The van der Waals surface area contributed by atoms with Gasteiger partial charge in [-0.1, -0.05) is 55.0 Å². The molecule has 0 radical (unpaired) electrons. The van der Waals surface area contributed by atoms with Crippen molar-refractivity contribution >= 4 is 27.5 Å². The number of rotatable bonds is 14. The van der Waals surface area contributed by atoms with Crippen LogP contribution in [0.15, 0.2) is 77.7 Å². The number of benzene rings is 3. The molecule has 0 bridgehead atoms. The Morgan fingerprint density at radius 2 is 1.60 bits per heavy atom. The molecule has 3 aromatic rings. The molecule has 0 aliphatic carbocycles. The minimum Gasteiger partial charge on any atom is -0.497 e. The maximum atomic E-state index is 14.2. The van der Waals surface area contributed by atoms with Crippen LogP contribution in [0.25, 0.3) is 0 Å². The first-order valence-corrected chi connectivity index (χ1v) is 15.4. The average molecular weight is 596 g/mol. The van der Waals surface area contributed by atoms with Gasteiger partial charge in [0.05, 0.1) is 24.8 Å². The maximum Gasteiger partial charge on any atom is 0.264 e. The van der Waals surface area contributed by atoms with Crippen LogP contribution < -0.4 is 19.1 Å². The largest absolute Gasteiger partial charge is 0.497 e. The number of nitrogens with one attached hydrogen (secondary N) is 1. The highest BCUT2D eigenvalue weighted by Gasteiger charge is 2.35. The van der Waals surface area contributed by atoms with Crippen LogP contribution in [-0.4, -0.2) is 64.5 Å². The number of nitrogens with zero attached hydrogens (tertiary/aromatic N) is 2. The molecule has 0 unspecified atom stereocenters. The van der Waals surface area contributed by atoms with Crippen molar-refractivity contribution in [3.05, 3.63) is 83.9 Å². The molecular formula is C32H41N3O6S. The molecular weight excluding hydrogens is 554 g/mol. The zero-order chi connectivity index (χ0) is 30.9. The third-order valence-electron chi connectivity index (χ3n) is 6.84. The molecule has 2 amide bonds. The van der Waals surface area contributed by atoms with E-state index in [1.165, 1.54) is 37.3 Å². The Bertz CT molecular complexity index is 1440. The van der Waals surface area contributed by atoms with Crippen molar-refractivity contribution in [3.63, 3.8) is 0 Å². The van der Waals surface area contributed by atoms with E-state index in [0.29, 0.717) is 18.6 Å². The van der Waals surface area contributed by atoms with Crippen LogP contribution in [0, 0.1) is 6.92 Å². The predicted molar refractivity (Wildman–Crippen MR) is 164 cm³/mol. The smallest absolute Gasteiger partial charge is 0.264 e. The molecule has 0 aliphatic rings. The van der Waals surface area contributed by atoms with E-state index in [1.54, 1.807) is 24.3 Å². The minimum atomic E-state index is -4.25. The van der Waals surface area contributed by atoms with Crippen molar-refractivity contribution in [1.82, 2.24) is 10.2 Å². The lowest BCUT2D eigenvalue weighted by Crippen LogP contribution is -2.54. The molecule has 226 valence electrons. The molecule has 0 heterocycles. The quantitative estimate of drug-likeness (QED) is 0.293. The van der Waals surface area contributed by atoms with Gasteiger partial charge in [-0.05, 0) is 63.4 Å². The van der Waals surface area contributed by atoms with Gasteiger partial charge in [-0.2, -0.15) is 0 Å². The molecule has 9 nitrogen and oxygen atoms in total. The minimum absolute atomic E-state index is 0.0196. The van der Waals surface area contributed by atoms with Gasteiger partial charge in [-0.15, -0.1) is 0 Å². The summed E-state index contributed by atoms with van der Waals surface area (Å²) in [7, 11) is -1.34. The van der Waals surface area contributed by atoms with Crippen LogP contribution in [0.5, 0.6) is 11.5 Å². The van der Waals surface area contributed by atoms with Gasteiger partial charge >= 0.3 is 0 Å². The molecule has 1 atom stereocenters. The van der Waals surface area contributed by atoms with Crippen molar-refractivity contribution in [2.24, 2.45) is 0 Å². The lowest BCUT2D eigenvalue weighted by molar-refractivity contribution is -0.139. The van der Waals surface area contributed by atoms with E-state index < -0.39 is 28.5 Å². The summed E-state index contributed by atoms with van der Waals surface area (Å²) in [6.07, 6.45) is 0.845. The highest BCUT2D eigenvalue weighted by atomic mass is 32.2. The fraction of sp³-hybridized carbons (Fsp3) is 0.375. The van der Waals surface area contributed by atoms with Crippen LogP contribution in [0.1, 0.15) is 38.3 Å². The molecule has 1 N–H and O–H groups in total. The monoisotopic (exact) mass is 595 g/mol. The molecule has 0 spiro atoms. The molecule has 0 aromatic heterocycles. The zero-order valence-corrected chi connectivity index (χ0v) is 26.0. The van der Waals surface area contributed by atoms with Gasteiger partial charge in [0, 0.05) is 18.7 Å². The van der Waals surface area contributed by atoms with Crippen molar-refractivity contribution in [3.8, 4) is 11.5 Å². The number of carbonyl (C=O) groups is 2. The Kier molecular flexibility index (Phi) is 11.4. The zero-order valence-electron chi connectivity index (χ0n) is 25.2. The summed E-state index contributed by atoms with van der Waals surface area (Å²) in [5, 5.41) is 2.91. The summed E-state index contributed by atoms with van der Waals surface area (Å²) in [5.74, 6) is -0.163. The average Bonchev–Trinajstić information content (AvgIpc) is 2.97. The van der Waals surface area contributed by atoms with Gasteiger partial charge in [0.2, 0.25) is 11.8 Å². The van der Waals surface area contributed by atoms with E-state index in [9.17, 15) is 18.0 Å². The van der Waals surface area contributed by atoms with Crippen molar-refractivity contribution in [2.45, 2.75) is 57.5 Å². The van der Waals surface area contributed by atoms with Gasteiger partial charge in [0.25, 0.3) is 10.0 Å². The second-order valence-corrected chi connectivity index (χ2v) is 12.1. The highest BCUT2D eigenvalue weighted by Crippen LogP contribution is 2.36. The molecule has 3 rings (SSSR count). The van der Waals surface area contributed by atoms with Crippen molar-refractivity contribution < 1.29 is 27.5 Å². The topological polar surface area (TPSA) is 105 Å². The van der Waals surface area contributed by atoms with Gasteiger partial charge in [0.15, 0.2) is 0 Å². The standard InChI is InChI=1S/C32H41N3O6S/c1-7-28(32(37)33-23(2)3)34(20-19-25-11-9-8-10-12-25)31(36)22-35(29-21-26(40-5)15-18-30(29)41-6)42(38,39)27-16-13-24(4)14-17-27/h8-18,21,23,28H,7,19-20,22H2,1-6H3,(H,33,37)/t28-/m1/s1. The number of hydrogen-bond donors (Lipinski definition) is 1. The molecule has 42 heavy (non-hydrogen) atoms. The number of ether oxygens (including phenoxy) is 2. The van der Waals surface area contributed by atoms with E-state index in [4.69, 9.17) is 9.47 Å². The maximum absolute atomic E-state index is 14.2. The SMILES string of the molecule is CC[C@H](C(=O)NC(C)C)N(CCc1ccccc1)C(=O)CN(c1cc(OC)ccc1OC)S(=O)(=O)c1ccc(C)cc1. The van der Waals surface area contributed by atoms with E-state index >= 15 is 0 Å². The Morgan fingerprint density at radius 3 is 2.17 bits per heavy atom. The number of carbonyl (C=O) groups excluding carboxylic acids is 2.